The van der Waals surface area contributed by atoms with Gasteiger partial charge in [0.15, 0.2) is 0 Å². The number of hydrogen-bond acceptors (Lipinski definition) is 3. The van der Waals surface area contributed by atoms with E-state index in [0.717, 1.165) is 0 Å². The van der Waals surface area contributed by atoms with E-state index in [0.29, 0.717) is 5.75 Å². The molecule has 1 aliphatic heterocycles. The molecule has 15 heavy (non-hydrogen) atoms. The molecular formula is C10H12FNO2S. The van der Waals surface area contributed by atoms with Gasteiger partial charge in [0.1, 0.15) is 5.83 Å². The van der Waals surface area contributed by atoms with Gasteiger partial charge in [0.25, 0.3) is 5.91 Å². The minimum Gasteiger partial charge on any atom is -0.288 e. The Kier molecular flexibility index (Phi) is 4.58. The number of nitrogens with one attached hydrogen (secondary N) is 1. The van der Waals surface area contributed by atoms with Crippen LogP contribution < -0.4 is 5.48 Å². The molecule has 82 valence electrons. The number of rotatable bonds is 1. The van der Waals surface area contributed by atoms with Gasteiger partial charge in [0.05, 0.1) is 0 Å². The molecule has 0 aromatic carbocycles. The number of thioether (sulfide) groups is 1. The molecule has 0 aliphatic carbocycles. The Morgan fingerprint density at radius 3 is 3.13 bits per heavy atom. The molecule has 2 N–H and O–H groups in total. The number of allylic oxidation sites excluding steroid dienone is 3. The first-order valence-corrected chi connectivity index (χ1v) is 5.50. The molecule has 1 amide bonds. The van der Waals surface area contributed by atoms with Crippen LogP contribution in [0.1, 0.15) is 6.92 Å². The fraction of sp³-hybridized carbons (Fsp3) is 0.300. The van der Waals surface area contributed by atoms with Crippen LogP contribution in [0.2, 0.25) is 0 Å². The van der Waals surface area contributed by atoms with Gasteiger partial charge in [-0.15, -0.1) is 11.8 Å². The molecule has 0 bridgehead atoms. The normalized spacial score (nSPS) is 31.0. The second-order valence-electron chi connectivity index (χ2n) is 3.05. The van der Waals surface area contributed by atoms with E-state index in [4.69, 9.17) is 5.21 Å². The van der Waals surface area contributed by atoms with Gasteiger partial charge in [0.2, 0.25) is 0 Å². The van der Waals surface area contributed by atoms with E-state index in [2.05, 4.69) is 0 Å². The average Bonchev–Trinajstić information content (AvgIpc) is 2.32. The summed E-state index contributed by atoms with van der Waals surface area (Å²) in [5.41, 5.74) is 1.74. The van der Waals surface area contributed by atoms with Gasteiger partial charge in [-0.1, -0.05) is 19.1 Å². The number of carbonyl (C=O) groups is 1. The highest BCUT2D eigenvalue weighted by atomic mass is 32.2. The van der Waals surface area contributed by atoms with Gasteiger partial charge in [-0.25, -0.2) is 9.87 Å². The largest absolute Gasteiger partial charge is 0.288 e. The van der Waals surface area contributed by atoms with Crippen LogP contribution in [0.25, 0.3) is 0 Å². The van der Waals surface area contributed by atoms with Gasteiger partial charge < -0.3 is 0 Å². The first kappa shape index (κ1) is 12.0. The highest BCUT2D eigenvalue weighted by Crippen LogP contribution is 2.25. The highest BCUT2D eigenvalue weighted by molar-refractivity contribution is 8.02. The lowest BCUT2D eigenvalue weighted by atomic mass is 10.0. The summed E-state index contributed by atoms with van der Waals surface area (Å²) >= 11 is 1.38. The van der Waals surface area contributed by atoms with Crippen LogP contribution >= 0.6 is 11.8 Å². The van der Waals surface area contributed by atoms with Crippen LogP contribution in [0.3, 0.4) is 0 Å². The molecule has 0 saturated heterocycles. The van der Waals surface area contributed by atoms with Crippen molar-refractivity contribution in [1.29, 1.82) is 0 Å². The molecule has 1 aliphatic rings. The van der Waals surface area contributed by atoms with E-state index in [1.165, 1.54) is 23.3 Å². The van der Waals surface area contributed by atoms with Crippen LogP contribution in [0, 0.1) is 5.92 Å². The zero-order valence-electron chi connectivity index (χ0n) is 8.24. The van der Waals surface area contributed by atoms with E-state index in [9.17, 15) is 9.18 Å². The SMILES string of the molecule is CC1/C(F)=C\C=C/CS/C=C\1C(=O)NO. The Morgan fingerprint density at radius 1 is 1.73 bits per heavy atom. The van der Waals surface area contributed by atoms with E-state index < -0.39 is 17.7 Å². The summed E-state index contributed by atoms with van der Waals surface area (Å²) in [5, 5.41) is 10.1. The Balaban J connectivity index is 2.97. The van der Waals surface area contributed by atoms with Crippen molar-refractivity contribution in [3.05, 3.63) is 35.0 Å². The quantitative estimate of drug-likeness (QED) is 0.535. The molecule has 1 heterocycles. The highest BCUT2D eigenvalue weighted by Gasteiger charge is 2.20. The van der Waals surface area contributed by atoms with Crippen molar-refractivity contribution in [1.82, 2.24) is 5.48 Å². The summed E-state index contributed by atoms with van der Waals surface area (Å²) < 4.78 is 13.4. The van der Waals surface area contributed by atoms with Crippen molar-refractivity contribution in [3.63, 3.8) is 0 Å². The molecule has 0 saturated carbocycles. The molecule has 0 spiro atoms. The fourth-order valence-corrected chi connectivity index (χ4v) is 1.93. The van der Waals surface area contributed by atoms with Crippen molar-refractivity contribution < 1.29 is 14.4 Å². The van der Waals surface area contributed by atoms with Gasteiger partial charge >= 0.3 is 0 Å². The monoisotopic (exact) mass is 229 g/mol. The summed E-state index contributed by atoms with van der Waals surface area (Å²) in [6.07, 6.45) is 4.74. The lowest BCUT2D eigenvalue weighted by molar-refractivity contribution is -0.125. The number of hydrogen-bond donors (Lipinski definition) is 2. The van der Waals surface area contributed by atoms with Crippen molar-refractivity contribution in [2.24, 2.45) is 5.92 Å². The first-order valence-electron chi connectivity index (χ1n) is 4.45. The minimum atomic E-state index is -0.666. The van der Waals surface area contributed by atoms with Crippen molar-refractivity contribution in [2.45, 2.75) is 6.92 Å². The van der Waals surface area contributed by atoms with Gasteiger partial charge in [0, 0.05) is 17.2 Å². The minimum absolute atomic E-state index is 0.222. The molecule has 1 atom stereocenters. The zero-order chi connectivity index (χ0) is 11.3. The molecule has 3 nitrogen and oxygen atoms in total. The fourth-order valence-electron chi connectivity index (χ4n) is 1.12. The lowest BCUT2D eigenvalue weighted by Gasteiger charge is -2.11. The van der Waals surface area contributed by atoms with Crippen LogP contribution in [0.5, 0.6) is 0 Å². The molecule has 0 aromatic rings. The van der Waals surface area contributed by atoms with Crippen LogP contribution in [-0.2, 0) is 4.79 Å². The Morgan fingerprint density at radius 2 is 2.47 bits per heavy atom. The number of amides is 1. The lowest BCUT2D eigenvalue weighted by Crippen LogP contribution is -2.24. The van der Waals surface area contributed by atoms with Crippen LogP contribution in [0.4, 0.5) is 4.39 Å². The Bertz CT molecular complexity index is 336. The summed E-state index contributed by atoms with van der Waals surface area (Å²) in [4.78, 5) is 11.2. The van der Waals surface area contributed by atoms with E-state index in [1.54, 1.807) is 24.5 Å². The standard InChI is InChI=1S/C10H12FNO2S/c1-7-8(10(13)12-14)6-15-5-3-2-4-9(7)11/h2-4,6-7,14H,5H2,1H3,(H,12,13)/b3-2-,8-6+,9-4+. The Hall–Kier alpha value is -1.07. The smallest absolute Gasteiger partial charge is 0.271 e. The predicted octanol–water partition coefficient (Wildman–Crippen LogP) is 2.17. The maximum Gasteiger partial charge on any atom is 0.271 e. The van der Waals surface area contributed by atoms with Gasteiger partial charge in [-0.05, 0) is 11.5 Å². The van der Waals surface area contributed by atoms with Crippen molar-refractivity contribution >= 4 is 17.7 Å². The third-order valence-electron chi connectivity index (χ3n) is 2.04. The number of carbonyl (C=O) groups excluding carboxylic acids is 1. The van der Waals surface area contributed by atoms with E-state index in [1.807, 2.05) is 0 Å². The maximum absolute atomic E-state index is 13.4. The first-order chi connectivity index (χ1) is 7.16. The third-order valence-corrected chi connectivity index (χ3v) is 2.84. The molecule has 0 radical (unpaired) electrons. The molecular weight excluding hydrogens is 217 g/mol. The van der Waals surface area contributed by atoms with Crippen LogP contribution in [0.15, 0.2) is 35.0 Å². The zero-order valence-corrected chi connectivity index (χ0v) is 9.05. The maximum atomic E-state index is 13.4. The topological polar surface area (TPSA) is 49.3 Å². The molecule has 0 aromatic heterocycles. The summed E-state index contributed by atoms with van der Waals surface area (Å²) in [7, 11) is 0. The molecule has 5 heteroatoms. The van der Waals surface area contributed by atoms with E-state index in [-0.39, 0.29) is 5.57 Å². The summed E-state index contributed by atoms with van der Waals surface area (Å²) in [6.45, 7) is 1.58. The van der Waals surface area contributed by atoms with Crippen molar-refractivity contribution in [3.8, 4) is 0 Å². The summed E-state index contributed by atoms with van der Waals surface area (Å²) in [6, 6.07) is 0. The van der Waals surface area contributed by atoms with Crippen LogP contribution in [-0.4, -0.2) is 16.9 Å². The number of hydroxylamine groups is 1. The van der Waals surface area contributed by atoms with Crippen molar-refractivity contribution in [2.75, 3.05) is 5.75 Å². The predicted molar refractivity (Wildman–Crippen MR) is 58.0 cm³/mol. The molecule has 1 rings (SSSR count). The molecule has 1 unspecified atom stereocenters. The average molecular weight is 229 g/mol. The van der Waals surface area contributed by atoms with Gasteiger partial charge in [-0.3, -0.25) is 10.0 Å². The van der Waals surface area contributed by atoms with E-state index >= 15 is 0 Å². The second kappa shape index (κ2) is 5.72. The second-order valence-corrected chi connectivity index (χ2v) is 3.95. The summed E-state index contributed by atoms with van der Waals surface area (Å²) in [5.74, 6) is -1.05. The number of halogens is 1. The third kappa shape index (κ3) is 3.21. The Labute approximate surface area is 91.7 Å². The molecule has 0 fully saturated rings. The van der Waals surface area contributed by atoms with Gasteiger partial charge in [-0.2, -0.15) is 0 Å².